The summed E-state index contributed by atoms with van der Waals surface area (Å²) in [5, 5.41) is 3.27. The van der Waals surface area contributed by atoms with Gasteiger partial charge in [-0.15, -0.1) is 0 Å². The highest BCUT2D eigenvalue weighted by molar-refractivity contribution is 7.88. The number of sulfonamides is 1. The third-order valence-electron chi connectivity index (χ3n) is 4.29. The maximum atomic E-state index is 11.6. The highest BCUT2D eigenvalue weighted by Gasteiger charge is 2.28. The highest BCUT2D eigenvalue weighted by atomic mass is 32.2. The van der Waals surface area contributed by atoms with E-state index in [1.165, 1.54) is 22.9 Å². The Morgan fingerprint density at radius 2 is 1.65 bits per heavy atom. The van der Waals surface area contributed by atoms with Crippen LogP contribution >= 0.6 is 0 Å². The topological polar surface area (TPSA) is 58.2 Å². The second-order valence-corrected chi connectivity index (χ2v) is 7.86. The lowest BCUT2D eigenvalue weighted by molar-refractivity contribution is 0.379. The first-order chi connectivity index (χ1) is 11.0. The molecule has 0 aromatic heterocycles. The van der Waals surface area contributed by atoms with Gasteiger partial charge in [-0.05, 0) is 29.7 Å². The van der Waals surface area contributed by atoms with Crippen molar-refractivity contribution in [2.24, 2.45) is 0 Å². The second kappa shape index (κ2) is 6.83. The van der Waals surface area contributed by atoms with Crippen LogP contribution in [0.15, 0.2) is 54.6 Å². The first-order valence-corrected chi connectivity index (χ1v) is 9.75. The van der Waals surface area contributed by atoms with E-state index in [1.54, 1.807) is 0 Å². The van der Waals surface area contributed by atoms with E-state index in [0.29, 0.717) is 6.54 Å². The molecule has 1 saturated heterocycles. The van der Waals surface area contributed by atoms with Crippen molar-refractivity contribution < 1.29 is 8.42 Å². The zero-order chi connectivity index (χ0) is 16.3. The van der Waals surface area contributed by atoms with Crippen molar-refractivity contribution in [1.29, 1.82) is 0 Å². The van der Waals surface area contributed by atoms with E-state index in [0.717, 1.165) is 13.0 Å². The summed E-state index contributed by atoms with van der Waals surface area (Å²) >= 11 is 0. The Bertz CT molecular complexity index is 742. The number of hydrogen-bond acceptors (Lipinski definition) is 3. The zero-order valence-corrected chi connectivity index (χ0v) is 14.0. The standard InChI is InChI=1S/C18H22N2O2S/c1-23(21,22)20-18-13-19-12-11-17(18)16-9-7-15(8-10-16)14-5-3-2-4-6-14/h2-10,17-20H,11-13H2,1H3/t17-,18+/m1/s1. The fraction of sp³-hybridized carbons (Fsp3) is 0.333. The van der Waals surface area contributed by atoms with E-state index in [1.807, 2.05) is 18.2 Å². The summed E-state index contributed by atoms with van der Waals surface area (Å²) in [4.78, 5) is 0. The fourth-order valence-corrected chi connectivity index (χ4v) is 4.01. The molecule has 0 bridgehead atoms. The first kappa shape index (κ1) is 16.2. The number of piperidine rings is 1. The van der Waals surface area contributed by atoms with E-state index in [2.05, 4.69) is 46.4 Å². The average molecular weight is 330 g/mol. The molecule has 23 heavy (non-hydrogen) atoms. The Morgan fingerprint density at radius 3 is 2.30 bits per heavy atom. The third-order valence-corrected chi connectivity index (χ3v) is 5.02. The van der Waals surface area contributed by atoms with Gasteiger partial charge in [-0.25, -0.2) is 13.1 Å². The van der Waals surface area contributed by atoms with Crippen LogP contribution in [0.5, 0.6) is 0 Å². The largest absolute Gasteiger partial charge is 0.315 e. The van der Waals surface area contributed by atoms with Crippen molar-refractivity contribution in [1.82, 2.24) is 10.0 Å². The van der Waals surface area contributed by atoms with Crippen LogP contribution in [0.4, 0.5) is 0 Å². The Hall–Kier alpha value is -1.69. The lowest BCUT2D eigenvalue weighted by atomic mass is 9.86. The minimum Gasteiger partial charge on any atom is -0.315 e. The van der Waals surface area contributed by atoms with Gasteiger partial charge in [0.1, 0.15) is 0 Å². The van der Waals surface area contributed by atoms with Crippen LogP contribution < -0.4 is 10.0 Å². The molecule has 1 aliphatic heterocycles. The smallest absolute Gasteiger partial charge is 0.209 e. The summed E-state index contributed by atoms with van der Waals surface area (Å²) in [6.07, 6.45) is 2.15. The molecular weight excluding hydrogens is 308 g/mol. The van der Waals surface area contributed by atoms with Crippen LogP contribution in [-0.2, 0) is 10.0 Å². The molecule has 1 aliphatic rings. The van der Waals surface area contributed by atoms with Gasteiger partial charge in [0.05, 0.1) is 6.26 Å². The van der Waals surface area contributed by atoms with E-state index in [9.17, 15) is 8.42 Å². The van der Waals surface area contributed by atoms with Gasteiger partial charge in [0.15, 0.2) is 0 Å². The molecular formula is C18H22N2O2S. The molecule has 0 spiro atoms. The van der Waals surface area contributed by atoms with Crippen LogP contribution in [0.25, 0.3) is 11.1 Å². The Kier molecular flexibility index (Phi) is 4.80. The van der Waals surface area contributed by atoms with Crippen LogP contribution in [-0.4, -0.2) is 33.8 Å². The summed E-state index contributed by atoms with van der Waals surface area (Å²) in [7, 11) is -3.21. The quantitative estimate of drug-likeness (QED) is 0.905. The summed E-state index contributed by atoms with van der Waals surface area (Å²) in [6.45, 7) is 1.57. The number of rotatable bonds is 4. The van der Waals surface area contributed by atoms with Crippen molar-refractivity contribution in [3.63, 3.8) is 0 Å². The molecule has 0 aliphatic carbocycles. The molecule has 2 atom stereocenters. The van der Waals surface area contributed by atoms with Gasteiger partial charge in [0, 0.05) is 18.5 Å². The van der Waals surface area contributed by atoms with Crippen molar-refractivity contribution in [3.8, 4) is 11.1 Å². The molecule has 1 heterocycles. The van der Waals surface area contributed by atoms with Gasteiger partial charge in [-0.3, -0.25) is 0 Å². The van der Waals surface area contributed by atoms with E-state index >= 15 is 0 Å². The van der Waals surface area contributed by atoms with Gasteiger partial charge < -0.3 is 5.32 Å². The minimum atomic E-state index is -3.21. The maximum absolute atomic E-state index is 11.6. The molecule has 0 amide bonds. The summed E-state index contributed by atoms with van der Waals surface area (Å²) < 4.78 is 25.9. The van der Waals surface area contributed by atoms with E-state index in [-0.39, 0.29) is 12.0 Å². The first-order valence-electron chi connectivity index (χ1n) is 7.86. The minimum absolute atomic E-state index is 0.0960. The molecule has 0 saturated carbocycles. The van der Waals surface area contributed by atoms with Crippen LogP contribution in [0.1, 0.15) is 17.9 Å². The number of nitrogens with one attached hydrogen (secondary N) is 2. The van der Waals surface area contributed by atoms with E-state index < -0.39 is 10.0 Å². The van der Waals surface area contributed by atoms with Crippen molar-refractivity contribution in [3.05, 3.63) is 60.2 Å². The lowest BCUT2D eigenvalue weighted by Crippen LogP contribution is -2.49. The Morgan fingerprint density at radius 1 is 1.00 bits per heavy atom. The SMILES string of the molecule is CS(=O)(=O)N[C@H]1CNCC[C@@H]1c1ccc(-c2ccccc2)cc1. The van der Waals surface area contributed by atoms with Crippen molar-refractivity contribution >= 4 is 10.0 Å². The molecule has 0 radical (unpaired) electrons. The molecule has 3 rings (SSSR count). The van der Waals surface area contributed by atoms with Crippen LogP contribution in [0.2, 0.25) is 0 Å². The normalized spacial score (nSPS) is 22.0. The molecule has 122 valence electrons. The monoisotopic (exact) mass is 330 g/mol. The van der Waals surface area contributed by atoms with Crippen molar-refractivity contribution in [2.75, 3.05) is 19.3 Å². The fourth-order valence-electron chi connectivity index (χ4n) is 3.21. The van der Waals surface area contributed by atoms with Gasteiger partial charge in [-0.2, -0.15) is 0 Å². The zero-order valence-electron chi connectivity index (χ0n) is 13.2. The molecule has 2 aromatic rings. The average Bonchev–Trinajstić information content (AvgIpc) is 2.55. The van der Waals surface area contributed by atoms with Gasteiger partial charge in [-0.1, -0.05) is 54.6 Å². The molecule has 1 fully saturated rings. The molecule has 2 aromatic carbocycles. The predicted molar refractivity (Wildman–Crippen MR) is 93.9 cm³/mol. The Balaban J connectivity index is 1.82. The molecule has 0 unspecified atom stereocenters. The van der Waals surface area contributed by atoms with Gasteiger partial charge in [0.25, 0.3) is 0 Å². The lowest BCUT2D eigenvalue weighted by Gasteiger charge is -2.32. The summed E-state index contributed by atoms with van der Waals surface area (Å²) in [5.41, 5.74) is 3.55. The maximum Gasteiger partial charge on any atom is 0.209 e. The van der Waals surface area contributed by atoms with Crippen LogP contribution in [0.3, 0.4) is 0 Å². The highest BCUT2D eigenvalue weighted by Crippen LogP contribution is 2.28. The Labute approximate surface area is 138 Å². The van der Waals surface area contributed by atoms with Crippen LogP contribution in [0, 0.1) is 0 Å². The summed E-state index contributed by atoms with van der Waals surface area (Å²) in [6, 6.07) is 18.6. The summed E-state index contributed by atoms with van der Waals surface area (Å²) in [5.74, 6) is 0.204. The molecule has 4 nitrogen and oxygen atoms in total. The van der Waals surface area contributed by atoms with Gasteiger partial charge in [0.2, 0.25) is 10.0 Å². The van der Waals surface area contributed by atoms with Gasteiger partial charge >= 0.3 is 0 Å². The third kappa shape index (κ3) is 4.19. The number of benzene rings is 2. The number of hydrogen-bond donors (Lipinski definition) is 2. The second-order valence-electron chi connectivity index (χ2n) is 6.08. The predicted octanol–water partition coefficient (Wildman–Crippen LogP) is 2.35. The van der Waals surface area contributed by atoms with Crippen molar-refractivity contribution in [2.45, 2.75) is 18.4 Å². The van der Waals surface area contributed by atoms with E-state index in [4.69, 9.17) is 0 Å². The molecule has 2 N–H and O–H groups in total. The molecule has 5 heteroatoms.